The molecule has 7 heteroatoms. The van der Waals surface area contributed by atoms with E-state index in [2.05, 4.69) is 20.6 Å². The molecule has 0 aliphatic carbocycles. The summed E-state index contributed by atoms with van der Waals surface area (Å²) in [5, 5.41) is 6.50. The molecule has 3 heterocycles. The lowest BCUT2D eigenvalue weighted by Gasteiger charge is -2.42. The van der Waals surface area contributed by atoms with Gasteiger partial charge in [0, 0.05) is 38.7 Å². The van der Waals surface area contributed by atoms with Crippen molar-refractivity contribution in [2.45, 2.75) is 19.8 Å². The van der Waals surface area contributed by atoms with Gasteiger partial charge in [-0.05, 0) is 32.9 Å². The van der Waals surface area contributed by atoms with Crippen molar-refractivity contribution in [1.29, 1.82) is 0 Å². The highest BCUT2D eigenvalue weighted by molar-refractivity contribution is 7.13. The van der Waals surface area contributed by atoms with E-state index in [0.29, 0.717) is 6.61 Å². The monoisotopic (exact) mass is 338 g/mol. The molecule has 2 aliphatic heterocycles. The lowest BCUT2D eigenvalue weighted by Crippen LogP contribution is -2.56. The second kappa shape index (κ2) is 7.15. The van der Waals surface area contributed by atoms with Crippen LogP contribution in [0.1, 0.15) is 18.5 Å². The van der Waals surface area contributed by atoms with E-state index in [9.17, 15) is 4.79 Å². The molecule has 1 aromatic heterocycles. The number of amides is 1. The summed E-state index contributed by atoms with van der Waals surface area (Å²) in [5.74, 6) is 0.274. The van der Waals surface area contributed by atoms with Gasteiger partial charge in [-0.1, -0.05) is 0 Å². The summed E-state index contributed by atoms with van der Waals surface area (Å²) in [4.78, 5) is 22.0. The van der Waals surface area contributed by atoms with Crippen LogP contribution in [0.25, 0.3) is 0 Å². The molecule has 0 radical (unpaired) electrons. The van der Waals surface area contributed by atoms with E-state index < -0.39 is 0 Å². The second-order valence-electron chi connectivity index (χ2n) is 6.51. The number of methoxy groups -OCH3 is 1. The number of ether oxygens (including phenoxy) is 1. The van der Waals surface area contributed by atoms with Crippen LogP contribution in [0.2, 0.25) is 0 Å². The van der Waals surface area contributed by atoms with Crippen molar-refractivity contribution in [2.24, 2.45) is 5.41 Å². The summed E-state index contributed by atoms with van der Waals surface area (Å²) in [7, 11) is 1.69. The first kappa shape index (κ1) is 16.7. The van der Waals surface area contributed by atoms with Crippen molar-refractivity contribution >= 4 is 22.4 Å². The first-order valence-corrected chi connectivity index (χ1v) is 9.19. The number of aromatic nitrogens is 1. The molecule has 1 amide bonds. The number of thiazole rings is 1. The molecule has 3 rings (SSSR count). The van der Waals surface area contributed by atoms with Crippen molar-refractivity contribution in [2.75, 3.05) is 57.9 Å². The van der Waals surface area contributed by atoms with Crippen molar-refractivity contribution in [3.05, 3.63) is 11.1 Å². The third kappa shape index (κ3) is 3.51. The maximum absolute atomic E-state index is 13.1. The van der Waals surface area contributed by atoms with E-state index in [1.54, 1.807) is 18.4 Å². The van der Waals surface area contributed by atoms with Gasteiger partial charge in [-0.15, -0.1) is 11.3 Å². The highest BCUT2D eigenvalue weighted by Crippen LogP contribution is 2.32. The first-order chi connectivity index (χ1) is 11.1. The van der Waals surface area contributed by atoms with Crippen LogP contribution in [0, 0.1) is 12.3 Å². The van der Waals surface area contributed by atoms with Gasteiger partial charge in [-0.25, -0.2) is 4.98 Å². The molecule has 128 valence electrons. The number of hydrogen-bond acceptors (Lipinski definition) is 6. The number of rotatable bonds is 4. The molecule has 2 saturated heterocycles. The summed E-state index contributed by atoms with van der Waals surface area (Å²) in [5.41, 5.74) is 0.734. The van der Waals surface area contributed by atoms with E-state index in [4.69, 9.17) is 4.74 Å². The van der Waals surface area contributed by atoms with Crippen molar-refractivity contribution in [3.63, 3.8) is 0 Å². The minimum absolute atomic E-state index is 0.274. The average Bonchev–Trinajstić information content (AvgIpc) is 3.02. The predicted molar refractivity (Wildman–Crippen MR) is 92.1 cm³/mol. The van der Waals surface area contributed by atoms with Crippen LogP contribution < -0.4 is 10.2 Å². The molecule has 0 unspecified atom stereocenters. The Morgan fingerprint density at radius 1 is 1.35 bits per heavy atom. The zero-order valence-electron chi connectivity index (χ0n) is 14.0. The lowest BCUT2D eigenvalue weighted by molar-refractivity contribution is -0.147. The first-order valence-electron chi connectivity index (χ1n) is 8.31. The van der Waals surface area contributed by atoms with E-state index in [1.165, 1.54) is 0 Å². The minimum Gasteiger partial charge on any atom is -0.384 e. The van der Waals surface area contributed by atoms with Gasteiger partial charge in [0.15, 0.2) is 5.13 Å². The molecule has 6 nitrogen and oxygen atoms in total. The molecule has 0 aromatic carbocycles. The van der Waals surface area contributed by atoms with E-state index in [0.717, 1.165) is 62.9 Å². The maximum Gasteiger partial charge on any atom is 0.231 e. The Bertz CT molecular complexity index is 528. The third-order valence-electron chi connectivity index (χ3n) is 4.88. The predicted octanol–water partition coefficient (Wildman–Crippen LogP) is 1.12. The molecular formula is C16H26N4O2S. The quantitative estimate of drug-likeness (QED) is 0.891. The number of anilines is 1. The standard InChI is InChI=1S/C16H26N4O2S/c1-13-11-23-15(18-13)20-9-7-19(8-10-20)14(21)16(12-22-2)3-5-17-6-4-16/h11,17H,3-10,12H2,1-2H3. The smallest absolute Gasteiger partial charge is 0.231 e. The highest BCUT2D eigenvalue weighted by atomic mass is 32.1. The summed E-state index contributed by atoms with van der Waals surface area (Å²) in [6.07, 6.45) is 1.73. The summed E-state index contributed by atoms with van der Waals surface area (Å²) < 4.78 is 5.40. The summed E-state index contributed by atoms with van der Waals surface area (Å²) in [6, 6.07) is 0. The van der Waals surface area contributed by atoms with Gasteiger partial charge >= 0.3 is 0 Å². The molecule has 2 fully saturated rings. The molecule has 0 spiro atoms. The Labute approximate surface area is 141 Å². The molecule has 1 N–H and O–H groups in total. The number of aryl methyl sites for hydroxylation is 1. The zero-order valence-corrected chi connectivity index (χ0v) is 14.8. The van der Waals surface area contributed by atoms with Crippen molar-refractivity contribution in [3.8, 4) is 0 Å². The van der Waals surface area contributed by atoms with Crippen LogP contribution in [0.5, 0.6) is 0 Å². The summed E-state index contributed by atoms with van der Waals surface area (Å²) >= 11 is 1.68. The highest BCUT2D eigenvalue weighted by Gasteiger charge is 2.42. The fourth-order valence-electron chi connectivity index (χ4n) is 3.52. The van der Waals surface area contributed by atoms with Crippen LogP contribution >= 0.6 is 11.3 Å². The van der Waals surface area contributed by atoms with Crippen molar-refractivity contribution in [1.82, 2.24) is 15.2 Å². The van der Waals surface area contributed by atoms with Crippen LogP contribution in [-0.2, 0) is 9.53 Å². The van der Waals surface area contributed by atoms with Gasteiger partial charge in [0.05, 0.1) is 17.7 Å². The minimum atomic E-state index is -0.333. The fourth-order valence-corrected chi connectivity index (χ4v) is 4.38. The Kier molecular flexibility index (Phi) is 5.18. The Balaban J connectivity index is 1.62. The number of piperidine rings is 1. The van der Waals surface area contributed by atoms with Gasteiger partial charge in [0.25, 0.3) is 0 Å². The third-order valence-corrected chi connectivity index (χ3v) is 5.90. The van der Waals surface area contributed by atoms with E-state index in [-0.39, 0.29) is 11.3 Å². The number of hydrogen-bond donors (Lipinski definition) is 1. The number of carbonyl (C=O) groups is 1. The maximum atomic E-state index is 13.1. The number of nitrogens with zero attached hydrogens (tertiary/aromatic N) is 3. The molecule has 23 heavy (non-hydrogen) atoms. The normalized spacial score (nSPS) is 21.5. The molecule has 0 bridgehead atoms. The molecule has 0 saturated carbocycles. The summed E-state index contributed by atoms with van der Waals surface area (Å²) in [6.45, 7) is 7.61. The molecule has 0 atom stereocenters. The van der Waals surface area contributed by atoms with Crippen molar-refractivity contribution < 1.29 is 9.53 Å². The van der Waals surface area contributed by atoms with Gasteiger partial charge in [-0.3, -0.25) is 4.79 Å². The van der Waals surface area contributed by atoms with E-state index >= 15 is 0 Å². The Morgan fingerprint density at radius 3 is 2.61 bits per heavy atom. The van der Waals surface area contributed by atoms with Crippen LogP contribution in [0.3, 0.4) is 0 Å². The number of piperazine rings is 1. The fraction of sp³-hybridized carbons (Fsp3) is 0.750. The van der Waals surface area contributed by atoms with Crippen LogP contribution in [0.15, 0.2) is 5.38 Å². The molecule has 1 aromatic rings. The average molecular weight is 338 g/mol. The van der Waals surface area contributed by atoms with E-state index in [1.807, 2.05) is 11.8 Å². The topological polar surface area (TPSA) is 57.7 Å². The second-order valence-corrected chi connectivity index (χ2v) is 7.35. The molecule has 2 aliphatic rings. The number of carbonyl (C=O) groups excluding carboxylic acids is 1. The van der Waals surface area contributed by atoms with Gasteiger partial charge < -0.3 is 19.9 Å². The lowest BCUT2D eigenvalue weighted by atomic mass is 9.78. The van der Waals surface area contributed by atoms with Crippen LogP contribution in [-0.4, -0.2) is 68.8 Å². The van der Waals surface area contributed by atoms with Gasteiger partial charge in [0.2, 0.25) is 5.91 Å². The molecular weight excluding hydrogens is 312 g/mol. The Hall–Kier alpha value is -1.18. The van der Waals surface area contributed by atoms with Gasteiger partial charge in [-0.2, -0.15) is 0 Å². The zero-order chi connectivity index (χ0) is 16.3. The SMILES string of the molecule is COCC1(C(=O)N2CCN(c3nc(C)cs3)CC2)CCNCC1. The number of nitrogens with one attached hydrogen (secondary N) is 1. The van der Waals surface area contributed by atoms with Gasteiger partial charge in [0.1, 0.15) is 0 Å². The Morgan fingerprint density at radius 2 is 2.04 bits per heavy atom. The largest absolute Gasteiger partial charge is 0.384 e. The van der Waals surface area contributed by atoms with Crippen LogP contribution in [0.4, 0.5) is 5.13 Å².